The zero-order chi connectivity index (χ0) is 10.8. The van der Waals surface area contributed by atoms with Crippen molar-refractivity contribution < 1.29 is 0 Å². The van der Waals surface area contributed by atoms with Gasteiger partial charge in [0.2, 0.25) is 5.95 Å². The molecule has 2 heterocycles. The number of nitrogens with one attached hydrogen (secondary N) is 1. The number of nitrogens with two attached hydrogens (primary N) is 2. The lowest BCUT2D eigenvalue weighted by molar-refractivity contribution is 0.769. The van der Waals surface area contributed by atoms with E-state index in [2.05, 4.69) is 14.9 Å². The molecule has 1 aliphatic heterocycles. The molecule has 6 nitrogen and oxygen atoms in total. The van der Waals surface area contributed by atoms with Gasteiger partial charge in [0.1, 0.15) is 5.82 Å². The summed E-state index contributed by atoms with van der Waals surface area (Å²) in [5, 5.41) is 7.38. The number of anilines is 2. The van der Waals surface area contributed by atoms with E-state index in [1.807, 2.05) is 6.07 Å². The van der Waals surface area contributed by atoms with Gasteiger partial charge in [-0.15, -0.1) is 0 Å². The van der Waals surface area contributed by atoms with Crippen LogP contribution in [0.15, 0.2) is 12.3 Å². The van der Waals surface area contributed by atoms with E-state index in [4.69, 9.17) is 16.9 Å². The molecule has 1 atom stereocenters. The molecule has 0 aromatic carbocycles. The summed E-state index contributed by atoms with van der Waals surface area (Å²) >= 11 is 0. The lowest BCUT2D eigenvalue weighted by atomic mass is 10.1. The Labute approximate surface area is 87.8 Å². The van der Waals surface area contributed by atoms with Gasteiger partial charge < -0.3 is 16.4 Å². The fourth-order valence-corrected chi connectivity index (χ4v) is 1.76. The fourth-order valence-electron chi connectivity index (χ4n) is 1.76. The second-order valence-electron chi connectivity index (χ2n) is 3.66. The molecule has 80 valence electrons. The Morgan fingerprint density at radius 1 is 1.60 bits per heavy atom. The maximum atomic E-state index is 7.38. The summed E-state index contributed by atoms with van der Waals surface area (Å²) in [5.41, 5.74) is 11.0. The Hall–Kier alpha value is -1.85. The number of rotatable bonds is 2. The Morgan fingerprint density at radius 2 is 2.40 bits per heavy atom. The van der Waals surface area contributed by atoms with Crippen molar-refractivity contribution in [3.8, 4) is 0 Å². The highest BCUT2D eigenvalue weighted by molar-refractivity contribution is 5.80. The lowest BCUT2D eigenvalue weighted by Gasteiger charge is -2.16. The van der Waals surface area contributed by atoms with Crippen LogP contribution in [0.3, 0.4) is 0 Å². The van der Waals surface area contributed by atoms with E-state index in [1.54, 1.807) is 6.20 Å². The number of nitrogen functional groups attached to an aromatic ring is 1. The average Bonchev–Trinajstić information content (AvgIpc) is 2.66. The van der Waals surface area contributed by atoms with E-state index in [-0.39, 0.29) is 17.7 Å². The van der Waals surface area contributed by atoms with Gasteiger partial charge in [0.05, 0.1) is 5.84 Å². The van der Waals surface area contributed by atoms with E-state index in [1.165, 1.54) is 0 Å². The van der Waals surface area contributed by atoms with Crippen LogP contribution < -0.4 is 16.4 Å². The van der Waals surface area contributed by atoms with Crippen molar-refractivity contribution in [3.63, 3.8) is 0 Å². The van der Waals surface area contributed by atoms with Crippen LogP contribution >= 0.6 is 0 Å². The molecule has 6 heteroatoms. The summed E-state index contributed by atoms with van der Waals surface area (Å²) in [5.74, 6) is 1.48. The van der Waals surface area contributed by atoms with Crippen LogP contribution in [-0.4, -0.2) is 28.9 Å². The molecule has 0 saturated carbocycles. The van der Waals surface area contributed by atoms with Crippen LogP contribution in [-0.2, 0) is 0 Å². The standard InChI is InChI=1S/C9H14N6/c10-8(11)6-2-4-15(5-6)7-1-3-13-9(12)14-7/h1,3,6H,2,4-5H2,(H3,10,11)(H2,12,13,14)/t6-/m0/s1. The molecular weight excluding hydrogens is 192 g/mol. The predicted molar refractivity (Wildman–Crippen MR) is 58.7 cm³/mol. The second kappa shape index (κ2) is 3.72. The SMILES string of the molecule is N=C(N)[C@H]1CCN(c2ccnc(N)n2)C1. The van der Waals surface area contributed by atoms with Crippen LogP contribution in [0.4, 0.5) is 11.8 Å². The van der Waals surface area contributed by atoms with Crippen molar-refractivity contribution in [1.82, 2.24) is 9.97 Å². The molecule has 5 N–H and O–H groups in total. The minimum atomic E-state index is 0.140. The number of nitrogens with zero attached hydrogens (tertiary/aromatic N) is 3. The largest absolute Gasteiger partial charge is 0.387 e. The third-order valence-electron chi connectivity index (χ3n) is 2.61. The molecule has 2 rings (SSSR count). The van der Waals surface area contributed by atoms with Gasteiger partial charge in [0, 0.05) is 25.2 Å². The number of amidine groups is 1. The molecule has 1 aromatic heterocycles. The van der Waals surface area contributed by atoms with E-state index in [0.717, 1.165) is 25.3 Å². The first-order valence-electron chi connectivity index (χ1n) is 4.84. The molecule has 0 amide bonds. The number of aromatic nitrogens is 2. The zero-order valence-electron chi connectivity index (χ0n) is 8.35. The van der Waals surface area contributed by atoms with E-state index < -0.39 is 0 Å². The third-order valence-corrected chi connectivity index (χ3v) is 2.61. The molecule has 0 aliphatic carbocycles. The molecule has 0 bridgehead atoms. The monoisotopic (exact) mass is 206 g/mol. The molecule has 1 aliphatic rings. The Bertz CT molecular complexity index is 377. The second-order valence-corrected chi connectivity index (χ2v) is 3.66. The quantitative estimate of drug-likeness (QED) is 0.460. The van der Waals surface area contributed by atoms with E-state index >= 15 is 0 Å². The lowest BCUT2D eigenvalue weighted by Crippen LogP contribution is -2.27. The maximum absolute atomic E-state index is 7.38. The summed E-state index contributed by atoms with van der Waals surface area (Å²) in [7, 11) is 0. The Kier molecular flexibility index (Phi) is 2.40. The molecule has 0 radical (unpaired) electrons. The summed E-state index contributed by atoms with van der Waals surface area (Å²) < 4.78 is 0. The molecule has 1 aromatic rings. The minimum absolute atomic E-state index is 0.140. The minimum Gasteiger partial charge on any atom is -0.387 e. The highest BCUT2D eigenvalue weighted by Gasteiger charge is 2.25. The highest BCUT2D eigenvalue weighted by atomic mass is 15.2. The van der Waals surface area contributed by atoms with Crippen LogP contribution in [0.25, 0.3) is 0 Å². The maximum Gasteiger partial charge on any atom is 0.221 e. The topological polar surface area (TPSA) is 105 Å². The first kappa shape index (κ1) is 9.70. The van der Waals surface area contributed by atoms with Crippen molar-refractivity contribution in [2.24, 2.45) is 11.7 Å². The zero-order valence-corrected chi connectivity index (χ0v) is 8.35. The Morgan fingerprint density at radius 3 is 3.00 bits per heavy atom. The summed E-state index contributed by atoms with van der Waals surface area (Å²) in [6.45, 7) is 1.60. The van der Waals surface area contributed by atoms with Crippen molar-refractivity contribution in [3.05, 3.63) is 12.3 Å². The van der Waals surface area contributed by atoms with Gasteiger partial charge in [-0.05, 0) is 12.5 Å². The van der Waals surface area contributed by atoms with Crippen molar-refractivity contribution in [2.45, 2.75) is 6.42 Å². The van der Waals surface area contributed by atoms with E-state index in [9.17, 15) is 0 Å². The van der Waals surface area contributed by atoms with Gasteiger partial charge in [-0.3, -0.25) is 5.41 Å². The highest BCUT2D eigenvalue weighted by Crippen LogP contribution is 2.21. The summed E-state index contributed by atoms with van der Waals surface area (Å²) in [6, 6.07) is 1.82. The molecule has 0 spiro atoms. The van der Waals surface area contributed by atoms with Crippen molar-refractivity contribution >= 4 is 17.6 Å². The van der Waals surface area contributed by atoms with Gasteiger partial charge in [-0.2, -0.15) is 4.98 Å². The molecule has 1 saturated heterocycles. The van der Waals surface area contributed by atoms with Crippen LogP contribution in [0, 0.1) is 11.3 Å². The number of hydrogen-bond donors (Lipinski definition) is 3. The smallest absolute Gasteiger partial charge is 0.221 e. The molecule has 1 fully saturated rings. The molecule has 15 heavy (non-hydrogen) atoms. The first-order valence-corrected chi connectivity index (χ1v) is 4.84. The number of hydrogen-bond acceptors (Lipinski definition) is 5. The fraction of sp³-hybridized carbons (Fsp3) is 0.444. The van der Waals surface area contributed by atoms with Gasteiger partial charge in [0.25, 0.3) is 0 Å². The van der Waals surface area contributed by atoms with Crippen LogP contribution in [0.1, 0.15) is 6.42 Å². The normalized spacial score (nSPS) is 20.5. The van der Waals surface area contributed by atoms with Crippen molar-refractivity contribution in [1.29, 1.82) is 5.41 Å². The predicted octanol–water partition coefficient (Wildman–Crippen LogP) is -0.179. The van der Waals surface area contributed by atoms with Crippen LogP contribution in [0.2, 0.25) is 0 Å². The van der Waals surface area contributed by atoms with Crippen LogP contribution in [0.5, 0.6) is 0 Å². The van der Waals surface area contributed by atoms with Crippen molar-refractivity contribution in [2.75, 3.05) is 23.7 Å². The first-order chi connectivity index (χ1) is 7.16. The molecular formula is C9H14N6. The van der Waals surface area contributed by atoms with Gasteiger partial charge in [0.15, 0.2) is 0 Å². The van der Waals surface area contributed by atoms with E-state index in [0.29, 0.717) is 0 Å². The summed E-state index contributed by atoms with van der Waals surface area (Å²) in [4.78, 5) is 10.0. The van der Waals surface area contributed by atoms with Gasteiger partial charge in [-0.25, -0.2) is 4.98 Å². The third kappa shape index (κ3) is 1.98. The Balaban J connectivity index is 2.11. The van der Waals surface area contributed by atoms with Gasteiger partial charge >= 0.3 is 0 Å². The van der Waals surface area contributed by atoms with Gasteiger partial charge in [-0.1, -0.05) is 0 Å². The average molecular weight is 206 g/mol. The molecule has 0 unspecified atom stereocenters. The summed E-state index contributed by atoms with van der Waals surface area (Å²) in [6.07, 6.45) is 2.54.